The summed E-state index contributed by atoms with van der Waals surface area (Å²) >= 11 is 0. The first kappa shape index (κ1) is 14.9. The topological polar surface area (TPSA) is 56.8 Å². The van der Waals surface area contributed by atoms with E-state index in [4.69, 9.17) is 4.74 Å². The van der Waals surface area contributed by atoms with E-state index < -0.39 is 4.92 Å². The average Bonchev–Trinajstić information content (AvgIpc) is 2.39. The zero-order valence-electron chi connectivity index (χ0n) is 10.9. The summed E-state index contributed by atoms with van der Waals surface area (Å²) in [5, 5.41) is 10.8. The molecule has 5 heteroatoms. The van der Waals surface area contributed by atoms with Crippen LogP contribution >= 0.6 is 0 Å². The van der Waals surface area contributed by atoms with E-state index in [1.54, 1.807) is 18.2 Å². The quantitative estimate of drug-likeness (QED) is 0.414. The van der Waals surface area contributed by atoms with Crippen molar-refractivity contribution in [2.45, 2.75) is 0 Å². The molecular weight excluding hydrogens is 244 g/mol. The van der Waals surface area contributed by atoms with Crippen molar-refractivity contribution in [1.29, 1.82) is 0 Å². The van der Waals surface area contributed by atoms with Gasteiger partial charge >= 0.3 is 5.69 Å². The Morgan fingerprint density at radius 2 is 1.89 bits per heavy atom. The molecule has 1 N–H and O–H groups in total. The van der Waals surface area contributed by atoms with E-state index in [0.717, 1.165) is 19.6 Å². The first-order valence-electron chi connectivity index (χ1n) is 6.10. The first-order valence-corrected chi connectivity index (χ1v) is 6.10. The zero-order valence-corrected chi connectivity index (χ0v) is 10.9. The van der Waals surface area contributed by atoms with Gasteiger partial charge in [-0.2, -0.15) is 0 Å². The zero-order chi connectivity index (χ0) is 14.1. The fourth-order valence-electron chi connectivity index (χ4n) is 1.73. The van der Waals surface area contributed by atoms with Crippen LogP contribution in [0.5, 0.6) is 5.75 Å². The molecule has 1 aromatic rings. The lowest BCUT2D eigenvalue weighted by molar-refractivity contribution is -0.888. The number of para-hydroxylation sites is 2. The van der Waals surface area contributed by atoms with Crippen molar-refractivity contribution in [1.82, 2.24) is 0 Å². The van der Waals surface area contributed by atoms with E-state index in [9.17, 15) is 10.1 Å². The van der Waals surface area contributed by atoms with Crippen molar-refractivity contribution in [2.75, 3.05) is 26.2 Å². The molecule has 0 heterocycles. The Morgan fingerprint density at radius 1 is 1.26 bits per heavy atom. The van der Waals surface area contributed by atoms with E-state index in [0.29, 0.717) is 12.4 Å². The predicted octanol–water partition coefficient (Wildman–Crippen LogP) is 1.23. The number of quaternary nitrogens is 1. The van der Waals surface area contributed by atoms with Crippen LogP contribution < -0.4 is 9.64 Å². The summed E-state index contributed by atoms with van der Waals surface area (Å²) in [5.41, 5.74) is -0.00325. The van der Waals surface area contributed by atoms with Crippen molar-refractivity contribution in [3.8, 4) is 5.75 Å². The number of rotatable bonds is 9. The molecule has 1 rings (SSSR count). The van der Waals surface area contributed by atoms with Crippen LogP contribution in [-0.4, -0.2) is 31.2 Å². The molecule has 19 heavy (non-hydrogen) atoms. The Bertz CT molecular complexity index is 436. The maximum Gasteiger partial charge on any atom is 0.310 e. The summed E-state index contributed by atoms with van der Waals surface area (Å²) in [7, 11) is 0. The van der Waals surface area contributed by atoms with Gasteiger partial charge in [-0.1, -0.05) is 25.3 Å². The van der Waals surface area contributed by atoms with Gasteiger partial charge in [-0.15, -0.1) is 0 Å². The molecule has 0 radical (unpaired) electrons. The number of hydrogen-bond donors (Lipinski definition) is 1. The molecular formula is C14H19N2O3+. The van der Waals surface area contributed by atoms with Gasteiger partial charge in [-0.05, 0) is 18.2 Å². The van der Waals surface area contributed by atoms with Crippen LogP contribution in [0.15, 0.2) is 49.6 Å². The third-order valence-electron chi connectivity index (χ3n) is 2.64. The highest BCUT2D eigenvalue weighted by Crippen LogP contribution is 2.25. The minimum atomic E-state index is -0.437. The van der Waals surface area contributed by atoms with Crippen molar-refractivity contribution < 1.29 is 14.6 Å². The second kappa shape index (κ2) is 8.05. The first-order chi connectivity index (χ1) is 9.19. The molecule has 1 aromatic carbocycles. The van der Waals surface area contributed by atoms with Gasteiger partial charge in [-0.25, -0.2) is 0 Å². The summed E-state index contributed by atoms with van der Waals surface area (Å²) < 4.78 is 5.49. The number of ether oxygens (including phenoxy) is 1. The summed E-state index contributed by atoms with van der Waals surface area (Å²) in [6.45, 7) is 10.2. The van der Waals surface area contributed by atoms with E-state index in [2.05, 4.69) is 13.2 Å². The molecule has 0 saturated heterocycles. The lowest BCUT2D eigenvalue weighted by Crippen LogP contribution is -3.12. The molecule has 0 saturated carbocycles. The van der Waals surface area contributed by atoms with Gasteiger partial charge in [0.05, 0.1) is 18.0 Å². The number of nitro benzene ring substituents is 1. The Hall–Kier alpha value is -2.14. The van der Waals surface area contributed by atoms with Gasteiger partial charge in [0.15, 0.2) is 5.75 Å². The van der Waals surface area contributed by atoms with Gasteiger partial charge in [-0.3, -0.25) is 10.1 Å². The van der Waals surface area contributed by atoms with Crippen LogP contribution in [0, 0.1) is 10.1 Å². The van der Waals surface area contributed by atoms with Crippen molar-refractivity contribution in [3.05, 3.63) is 59.7 Å². The van der Waals surface area contributed by atoms with Gasteiger partial charge in [0.2, 0.25) is 0 Å². The summed E-state index contributed by atoms with van der Waals surface area (Å²) in [5.74, 6) is 0.309. The van der Waals surface area contributed by atoms with Crippen LogP contribution in [-0.2, 0) is 0 Å². The number of nitrogens with zero attached hydrogens (tertiary/aromatic N) is 1. The lowest BCUT2D eigenvalue weighted by Gasteiger charge is -2.16. The van der Waals surface area contributed by atoms with Crippen molar-refractivity contribution >= 4 is 5.69 Å². The highest BCUT2D eigenvalue weighted by Gasteiger charge is 2.14. The van der Waals surface area contributed by atoms with Crippen LogP contribution in [0.1, 0.15) is 0 Å². The fraction of sp³-hybridized carbons (Fsp3) is 0.286. The van der Waals surface area contributed by atoms with Crippen LogP contribution in [0.25, 0.3) is 0 Å². The predicted molar refractivity (Wildman–Crippen MR) is 74.5 cm³/mol. The molecule has 0 fully saturated rings. The van der Waals surface area contributed by atoms with E-state index in [1.807, 2.05) is 12.2 Å². The van der Waals surface area contributed by atoms with Gasteiger partial charge in [0.25, 0.3) is 0 Å². The average molecular weight is 263 g/mol. The fourth-order valence-corrected chi connectivity index (χ4v) is 1.73. The minimum absolute atomic E-state index is 0.00325. The second-order valence-electron chi connectivity index (χ2n) is 4.06. The van der Waals surface area contributed by atoms with E-state index >= 15 is 0 Å². The Balaban J connectivity index is 2.54. The number of hydrogen-bond acceptors (Lipinski definition) is 3. The second-order valence-corrected chi connectivity index (χ2v) is 4.06. The third-order valence-corrected chi connectivity index (χ3v) is 2.64. The third kappa shape index (κ3) is 4.93. The highest BCUT2D eigenvalue weighted by molar-refractivity contribution is 5.45. The Labute approximate surface area is 112 Å². The molecule has 0 aliphatic heterocycles. The molecule has 0 aliphatic carbocycles. The summed E-state index contributed by atoms with van der Waals surface area (Å²) in [6.07, 6.45) is 3.67. The largest absolute Gasteiger partial charge is 0.481 e. The van der Waals surface area contributed by atoms with E-state index in [1.165, 1.54) is 11.0 Å². The number of nitrogens with one attached hydrogen (secondary N) is 1. The monoisotopic (exact) mass is 263 g/mol. The smallest absolute Gasteiger partial charge is 0.310 e. The SMILES string of the molecule is C=CC[NH+](CC=C)CCOc1ccccc1[N+](=O)[O-]. The maximum atomic E-state index is 10.8. The normalized spacial score (nSPS) is 10.2. The molecule has 0 spiro atoms. The number of nitro groups is 1. The molecule has 102 valence electrons. The van der Waals surface area contributed by atoms with Gasteiger partial charge < -0.3 is 9.64 Å². The minimum Gasteiger partial charge on any atom is -0.481 e. The molecule has 0 amide bonds. The van der Waals surface area contributed by atoms with Crippen molar-refractivity contribution in [3.63, 3.8) is 0 Å². The molecule has 0 unspecified atom stereocenters. The van der Waals surface area contributed by atoms with Gasteiger partial charge in [0.1, 0.15) is 13.2 Å². The summed E-state index contributed by atoms with van der Waals surface area (Å²) in [4.78, 5) is 11.6. The van der Waals surface area contributed by atoms with Crippen LogP contribution in [0.3, 0.4) is 0 Å². The summed E-state index contributed by atoms with van der Waals surface area (Å²) in [6, 6.07) is 6.39. The van der Waals surface area contributed by atoms with Crippen molar-refractivity contribution in [2.24, 2.45) is 0 Å². The Kier molecular flexibility index (Phi) is 6.32. The molecule has 0 aliphatic rings. The Morgan fingerprint density at radius 3 is 2.47 bits per heavy atom. The molecule has 5 nitrogen and oxygen atoms in total. The molecule has 0 atom stereocenters. The maximum absolute atomic E-state index is 10.8. The van der Waals surface area contributed by atoms with Crippen LogP contribution in [0.4, 0.5) is 5.69 Å². The van der Waals surface area contributed by atoms with Crippen LogP contribution in [0.2, 0.25) is 0 Å². The molecule has 0 aromatic heterocycles. The van der Waals surface area contributed by atoms with E-state index in [-0.39, 0.29) is 5.69 Å². The highest BCUT2D eigenvalue weighted by atomic mass is 16.6. The lowest BCUT2D eigenvalue weighted by atomic mass is 10.3. The molecule has 0 bridgehead atoms. The number of benzene rings is 1. The van der Waals surface area contributed by atoms with Gasteiger partial charge in [0, 0.05) is 6.07 Å². The standard InChI is InChI=1S/C14H18N2O3/c1-3-9-15(10-4-2)11-12-19-14-8-6-5-7-13(14)16(17)18/h3-8H,1-2,9-12H2/p+1.